The number of hydrogen-bond acceptors (Lipinski definition) is 3. The highest BCUT2D eigenvalue weighted by molar-refractivity contribution is 5.07. The number of aryl methyl sites for hydroxylation is 1. The third-order valence-electron chi connectivity index (χ3n) is 3.06. The number of ether oxygens (including phenoxy) is 1. The minimum atomic E-state index is -0.503. The number of nitrogens with zero attached hydrogens (tertiary/aromatic N) is 2. The van der Waals surface area contributed by atoms with Crippen molar-refractivity contribution in [2.45, 2.75) is 38.4 Å². The van der Waals surface area contributed by atoms with Gasteiger partial charge in [0.25, 0.3) is 0 Å². The zero-order chi connectivity index (χ0) is 11.5. The van der Waals surface area contributed by atoms with Crippen LogP contribution in [-0.4, -0.2) is 33.7 Å². The fraction of sp³-hybridized carbons (Fsp3) is 0.727. The van der Waals surface area contributed by atoms with E-state index in [0.717, 1.165) is 12.0 Å². The largest absolute Gasteiger partial charge is 0.390 e. The molecule has 4 nitrogen and oxygen atoms in total. The number of aliphatic hydroxyl groups is 1. The molecular weight excluding hydrogens is 192 g/mol. The summed E-state index contributed by atoms with van der Waals surface area (Å²) in [5.41, 5.74) is 0.553. The number of methoxy groups -OCH3 is 1. The number of hydrogen-bond donors (Lipinski definition) is 1. The molecule has 1 heterocycles. The molecule has 4 heteroatoms. The lowest BCUT2D eigenvalue weighted by Gasteiger charge is -2.31. The number of rotatable bonds is 5. The Morgan fingerprint density at radius 2 is 2.33 bits per heavy atom. The van der Waals surface area contributed by atoms with Crippen LogP contribution in [0, 0.1) is 0 Å². The van der Waals surface area contributed by atoms with Crippen molar-refractivity contribution >= 4 is 0 Å². The van der Waals surface area contributed by atoms with Gasteiger partial charge in [-0.1, -0.05) is 6.92 Å². The molecular formula is C11H20N2O2. The standard InChI is InChI=1S/C11H20N2O2/c1-5-11(2,15-4)10(14)6-9-7-12-13(3)8-9/h7-8,10,14H,5-6H2,1-4H3. The van der Waals surface area contributed by atoms with Gasteiger partial charge in [-0.05, 0) is 18.9 Å². The van der Waals surface area contributed by atoms with E-state index in [-0.39, 0.29) is 0 Å². The van der Waals surface area contributed by atoms with Crippen LogP contribution in [0.4, 0.5) is 0 Å². The summed E-state index contributed by atoms with van der Waals surface area (Å²) in [5.74, 6) is 0. The van der Waals surface area contributed by atoms with Gasteiger partial charge in [0.1, 0.15) is 0 Å². The van der Waals surface area contributed by atoms with E-state index in [1.165, 1.54) is 0 Å². The molecule has 1 N–H and O–H groups in total. The quantitative estimate of drug-likeness (QED) is 0.796. The molecule has 0 radical (unpaired) electrons. The first-order chi connectivity index (χ1) is 7.01. The van der Waals surface area contributed by atoms with Crippen LogP contribution < -0.4 is 0 Å². The van der Waals surface area contributed by atoms with Crippen LogP contribution in [0.5, 0.6) is 0 Å². The molecule has 0 aliphatic carbocycles. The second-order valence-corrected chi connectivity index (χ2v) is 4.11. The molecule has 0 saturated heterocycles. The molecule has 0 bridgehead atoms. The van der Waals surface area contributed by atoms with E-state index in [1.807, 2.05) is 27.1 Å². The summed E-state index contributed by atoms with van der Waals surface area (Å²) in [6.07, 6.45) is 4.54. The smallest absolute Gasteiger partial charge is 0.0909 e. The topological polar surface area (TPSA) is 47.3 Å². The highest BCUT2D eigenvalue weighted by atomic mass is 16.5. The Balaban J connectivity index is 2.65. The maximum atomic E-state index is 10.1. The third kappa shape index (κ3) is 2.79. The summed E-state index contributed by atoms with van der Waals surface area (Å²) in [5, 5.41) is 14.1. The summed E-state index contributed by atoms with van der Waals surface area (Å²) >= 11 is 0. The van der Waals surface area contributed by atoms with Gasteiger partial charge in [-0.25, -0.2) is 0 Å². The first kappa shape index (κ1) is 12.2. The molecule has 86 valence electrons. The van der Waals surface area contributed by atoms with Gasteiger partial charge in [0, 0.05) is 26.8 Å². The lowest BCUT2D eigenvalue weighted by Crippen LogP contribution is -2.41. The Hall–Kier alpha value is -0.870. The molecule has 1 aromatic heterocycles. The Bertz CT molecular complexity index is 305. The van der Waals surface area contributed by atoms with Crippen LogP contribution >= 0.6 is 0 Å². The fourth-order valence-electron chi connectivity index (χ4n) is 1.53. The average Bonchev–Trinajstić information content (AvgIpc) is 2.62. The van der Waals surface area contributed by atoms with E-state index in [1.54, 1.807) is 18.0 Å². The first-order valence-electron chi connectivity index (χ1n) is 5.22. The van der Waals surface area contributed by atoms with Crippen LogP contribution in [0.25, 0.3) is 0 Å². The summed E-state index contributed by atoms with van der Waals surface area (Å²) in [7, 11) is 3.50. The van der Waals surface area contributed by atoms with Gasteiger partial charge in [0.05, 0.1) is 17.9 Å². The van der Waals surface area contributed by atoms with Crippen molar-refractivity contribution in [2.75, 3.05) is 7.11 Å². The van der Waals surface area contributed by atoms with E-state index in [4.69, 9.17) is 4.74 Å². The minimum Gasteiger partial charge on any atom is -0.390 e. The Morgan fingerprint density at radius 3 is 2.73 bits per heavy atom. The molecule has 2 unspecified atom stereocenters. The van der Waals surface area contributed by atoms with Crippen LogP contribution in [0.15, 0.2) is 12.4 Å². The van der Waals surface area contributed by atoms with Crippen molar-refractivity contribution in [3.63, 3.8) is 0 Å². The Labute approximate surface area is 90.9 Å². The van der Waals surface area contributed by atoms with Crippen molar-refractivity contribution in [1.82, 2.24) is 9.78 Å². The molecule has 1 rings (SSSR count). The van der Waals surface area contributed by atoms with E-state index >= 15 is 0 Å². The van der Waals surface area contributed by atoms with Crippen molar-refractivity contribution in [3.05, 3.63) is 18.0 Å². The minimum absolute atomic E-state index is 0.476. The van der Waals surface area contributed by atoms with E-state index in [2.05, 4.69) is 5.10 Å². The molecule has 15 heavy (non-hydrogen) atoms. The zero-order valence-electron chi connectivity index (χ0n) is 9.90. The highest BCUT2D eigenvalue weighted by Gasteiger charge is 2.31. The van der Waals surface area contributed by atoms with Gasteiger partial charge in [-0.3, -0.25) is 4.68 Å². The van der Waals surface area contributed by atoms with Gasteiger partial charge >= 0.3 is 0 Å². The normalized spacial score (nSPS) is 17.4. The molecule has 0 aliphatic heterocycles. The van der Waals surface area contributed by atoms with Gasteiger partial charge < -0.3 is 9.84 Å². The van der Waals surface area contributed by atoms with Crippen molar-refractivity contribution in [1.29, 1.82) is 0 Å². The first-order valence-corrected chi connectivity index (χ1v) is 5.22. The highest BCUT2D eigenvalue weighted by Crippen LogP contribution is 2.21. The predicted octanol–water partition coefficient (Wildman–Crippen LogP) is 1.14. The second-order valence-electron chi connectivity index (χ2n) is 4.11. The van der Waals surface area contributed by atoms with Gasteiger partial charge in [0.2, 0.25) is 0 Å². The number of aliphatic hydroxyl groups excluding tert-OH is 1. The van der Waals surface area contributed by atoms with Crippen LogP contribution in [0.1, 0.15) is 25.8 Å². The summed E-state index contributed by atoms with van der Waals surface area (Å²) in [4.78, 5) is 0. The summed E-state index contributed by atoms with van der Waals surface area (Å²) in [6, 6.07) is 0. The zero-order valence-corrected chi connectivity index (χ0v) is 9.90. The molecule has 0 saturated carbocycles. The predicted molar refractivity (Wildman–Crippen MR) is 58.6 cm³/mol. The molecule has 0 aliphatic rings. The van der Waals surface area contributed by atoms with E-state index < -0.39 is 11.7 Å². The monoisotopic (exact) mass is 212 g/mol. The second kappa shape index (κ2) is 4.77. The lowest BCUT2D eigenvalue weighted by atomic mass is 9.92. The van der Waals surface area contributed by atoms with Crippen molar-refractivity contribution in [3.8, 4) is 0 Å². The maximum Gasteiger partial charge on any atom is 0.0909 e. The van der Waals surface area contributed by atoms with Crippen LogP contribution in [-0.2, 0) is 18.2 Å². The van der Waals surface area contributed by atoms with Gasteiger partial charge in [-0.15, -0.1) is 0 Å². The molecule has 0 amide bonds. The molecule has 2 atom stereocenters. The fourth-order valence-corrected chi connectivity index (χ4v) is 1.53. The van der Waals surface area contributed by atoms with Crippen LogP contribution in [0.2, 0.25) is 0 Å². The maximum absolute atomic E-state index is 10.1. The SMILES string of the molecule is CCC(C)(OC)C(O)Cc1cnn(C)c1. The van der Waals surface area contributed by atoms with Crippen molar-refractivity contribution < 1.29 is 9.84 Å². The Kier molecular flexibility index (Phi) is 3.88. The molecule has 1 aromatic rings. The average molecular weight is 212 g/mol. The van der Waals surface area contributed by atoms with Gasteiger partial charge in [0.15, 0.2) is 0 Å². The lowest BCUT2D eigenvalue weighted by molar-refractivity contribution is -0.0914. The molecule has 0 aromatic carbocycles. The molecule has 0 fully saturated rings. The summed E-state index contributed by atoms with van der Waals surface area (Å²) in [6.45, 7) is 3.93. The van der Waals surface area contributed by atoms with Crippen molar-refractivity contribution in [2.24, 2.45) is 7.05 Å². The molecule has 0 spiro atoms. The van der Waals surface area contributed by atoms with Gasteiger partial charge in [-0.2, -0.15) is 5.10 Å². The Morgan fingerprint density at radius 1 is 1.67 bits per heavy atom. The number of aromatic nitrogens is 2. The van der Waals surface area contributed by atoms with E-state index in [0.29, 0.717) is 6.42 Å². The third-order valence-corrected chi connectivity index (χ3v) is 3.06. The van der Waals surface area contributed by atoms with Crippen LogP contribution in [0.3, 0.4) is 0 Å². The summed E-state index contributed by atoms with van der Waals surface area (Å²) < 4.78 is 7.08. The van der Waals surface area contributed by atoms with E-state index in [9.17, 15) is 5.11 Å².